The van der Waals surface area contributed by atoms with Crippen molar-refractivity contribution < 1.29 is 0 Å². The quantitative estimate of drug-likeness (QED) is 0.530. The largest absolute Gasteiger partial charge is 0.261 e. The molecule has 0 atom stereocenters. The van der Waals surface area contributed by atoms with Crippen molar-refractivity contribution in [1.82, 2.24) is 9.97 Å². The number of nitrogens with zero attached hydrogens (tertiary/aromatic N) is 3. The van der Waals surface area contributed by atoms with Crippen LogP contribution in [0.2, 0.25) is 10.0 Å². The van der Waals surface area contributed by atoms with E-state index in [0.717, 1.165) is 15.8 Å². The van der Waals surface area contributed by atoms with Gasteiger partial charge in [-0.1, -0.05) is 29.3 Å². The molecule has 22 heavy (non-hydrogen) atoms. The van der Waals surface area contributed by atoms with Crippen LogP contribution in [0.1, 0.15) is 16.0 Å². The fourth-order valence-corrected chi connectivity index (χ4v) is 3.55. The Bertz CT molecular complexity index is 853. The van der Waals surface area contributed by atoms with Crippen molar-refractivity contribution in [3.8, 4) is 0 Å². The lowest BCUT2D eigenvalue weighted by Gasteiger charge is -2.03. The summed E-state index contributed by atoms with van der Waals surface area (Å²) in [4.78, 5) is 10.7. The molecule has 112 valence electrons. The van der Waals surface area contributed by atoms with Crippen LogP contribution in [-0.2, 0) is 0 Å². The van der Waals surface area contributed by atoms with E-state index >= 15 is 0 Å². The zero-order chi connectivity index (χ0) is 15.7. The molecule has 0 amide bonds. The second kappa shape index (κ2) is 6.20. The number of anilines is 1. The van der Waals surface area contributed by atoms with Gasteiger partial charge in [-0.3, -0.25) is 5.43 Å². The van der Waals surface area contributed by atoms with Gasteiger partial charge >= 0.3 is 0 Å². The molecule has 4 nitrogen and oxygen atoms in total. The fourth-order valence-electron chi connectivity index (χ4n) is 2.06. The van der Waals surface area contributed by atoms with E-state index in [1.807, 2.05) is 0 Å². The van der Waals surface area contributed by atoms with Crippen LogP contribution >= 0.6 is 34.5 Å². The number of hydrogen-bond donors (Lipinski definition) is 1. The van der Waals surface area contributed by atoms with Crippen LogP contribution in [0, 0.1) is 13.8 Å². The molecule has 0 aliphatic carbocycles. The summed E-state index contributed by atoms with van der Waals surface area (Å²) < 4.78 is 0. The van der Waals surface area contributed by atoms with Gasteiger partial charge in [-0.25, -0.2) is 9.97 Å². The van der Waals surface area contributed by atoms with Gasteiger partial charge in [0.25, 0.3) is 0 Å². The standard InChI is InChI=1S/C15H12Cl2N4S/c1-8-9(2)22-15-13(8)14(18-7-19-15)21-20-6-10-11(16)4-3-5-12(10)17/h3-7H,1-2H3,(H,18,19,21)/b20-6+. The van der Waals surface area contributed by atoms with Crippen LogP contribution < -0.4 is 5.43 Å². The Morgan fingerprint density at radius 2 is 1.91 bits per heavy atom. The number of hydrazone groups is 1. The maximum absolute atomic E-state index is 6.11. The highest BCUT2D eigenvalue weighted by Gasteiger charge is 2.11. The summed E-state index contributed by atoms with van der Waals surface area (Å²) in [6, 6.07) is 5.33. The Labute approximate surface area is 141 Å². The molecule has 2 aromatic heterocycles. The first-order valence-corrected chi connectivity index (χ1v) is 8.09. The van der Waals surface area contributed by atoms with Crippen molar-refractivity contribution in [2.75, 3.05) is 5.43 Å². The van der Waals surface area contributed by atoms with Crippen LogP contribution in [0.25, 0.3) is 10.2 Å². The molecule has 0 spiro atoms. The fraction of sp³-hybridized carbons (Fsp3) is 0.133. The maximum Gasteiger partial charge on any atom is 0.158 e. The predicted octanol–water partition coefficient (Wildman–Crippen LogP) is 5.06. The number of fused-ring (bicyclic) bond motifs is 1. The van der Waals surface area contributed by atoms with Crippen LogP contribution in [0.15, 0.2) is 29.6 Å². The Kier molecular flexibility index (Phi) is 4.29. The number of thiophene rings is 1. The number of rotatable bonds is 3. The second-order valence-corrected chi connectivity index (χ2v) is 6.71. The maximum atomic E-state index is 6.11. The summed E-state index contributed by atoms with van der Waals surface area (Å²) in [5.41, 5.74) is 4.78. The Balaban J connectivity index is 1.93. The van der Waals surface area contributed by atoms with E-state index in [2.05, 4.69) is 34.3 Å². The monoisotopic (exact) mass is 350 g/mol. The molecule has 0 aliphatic rings. The van der Waals surface area contributed by atoms with Crippen LogP contribution in [0.5, 0.6) is 0 Å². The lowest BCUT2D eigenvalue weighted by Crippen LogP contribution is -1.96. The number of hydrogen-bond acceptors (Lipinski definition) is 5. The molecule has 1 aromatic carbocycles. The minimum absolute atomic E-state index is 0.549. The van der Waals surface area contributed by atoms with Crippen molar-refractivity contribution in [3.63, 3.8) is 0 Å². The lowest BCUT2D eigenvalue weighted by atomic mass is 10.2. The first-order chi connectivity index (χ1) is 10.6. The Morgan fingerprint density at radius 1 is 1.18 bits per heavy atom. The second-order valence-electron chi connectivity index (χ2n) is 4.69. The van der Waals surface area contributed by atoms with Gasteiger partial charge in [0, 0.05) is 10.4 Å². The number of halogens is 2. The average Bonchev–Trinajstić information content (AvgIpc) is 2.78. The third-order valence-corrected chi connectivity index (χ3v) is 5.10. The van der Waals surface area contributed by atoms with Gasteiger partial charge < -0.3 is 0 Å². The zero-order valence-electron chi connectivity index (χ0n) is 11.9. The number of aromatic nitrogens is 2. The molecule has 0 aliphatic heterocycles. The van der Waals surface area contributed by atoms with Gasteiger partial charge in [-0.2, -0.15) is 5.10 Å². The smallest absolute Gasteiger partial charge is 0.158 e. The molecule has 2 heterocycles. The van der Waals surface area contributed by atoms with E-state index in [9.17, 15) is 0 Å². The molecule has 3 rings (SSSR count). The summed E-state index contributed by atoms with van der Waals surface area (Å²) >= 11 is 13.9. The molecule has 0 fully saturated rings. The summed E-state index contributed by atoms with van der Waals surface area (Å²) in [5, 5.41) is 6.30. The summed E-state index contributed by atoms with van der Waals surface area (Å²) in [6.07, 6.45) is 3.12. The van der Waals surface area contributed by atoms with E-state index in [0.29, 0.717) is 21.4 Å². The Hall–Kier alpha value is -1.69. The van der Waals surface area contributed by atoms with Crippen LogP contribution in [0.4, 0.5) is 5.82 Å². The highest BCUT2D eigenvalue weighted by Crippen LogP contribution is 2.32. The molecule has 3 aromatic rings. The van der Waals surface area contributed by atoms with Gasteiger partial charge in [0.1, 0.15) is 11.2 Å². The molecule has 7 heteroatoms. The van der Waals surface area contributed by atoms with Crippen molar-refractivity contribution in [2.45, 2.75) is 13.8 Å². The van der Waals surface area contributed by atoms with Gasteiger partial charge in [0.05, 0.1) is 21.6 Å². The zero-order valence-corrected chi connectivity index (χ0v) is 14.2. The number of nitrogens with one attached hydrogen (secondary N) is 1. The summed E-state index contributed by atoms with van der Waals surface area (Å²) in [6.45, 7) is 4.12. The van der Waals surface area contributed by atoms with Gasteiger partial charge in [0.15, 0.2) is 5.82 Å². The van der Waals surface area contributed by atoms with E-state index in [1.54, 1.807) is 35.8 Å². The molecule has 0 saturated carbocycles. The average molecular weight is 351 g/mol. The number of benzene rings is 1. The molecule has 0 saturated heterocycles. The predicted molar refractivity (Wildman–Crippen MR) is 94.6 cm³/mol. The highest BCUT2D eigenvalue weighted by molar-refractivity contribution is 7.18. The van der Waals surface area contributed by atoms with Crippen LogP contribution in [-0.4, -0.2) is 16.2 Å². The topological polar surface area (TPSA) is 50.2 Å². The van der Waals surface area contributed by atoms with Crippen molar-refractivity contribution in [1.29, 1.82) is 0 Å². The Morgan fingerprint density at radius 3 is 2.64 bits per heavy atom. The van der Waals surface area contributed by atoms with Gasteiger partial charge in [0.2, 0.25) is 0 Å². The first-order valence-electron chi connectivity index (χ1n) is 6.51. The normalized spacial score (nSPS) is 11.5. The summed E-state index contributed by atoms with van der Waals surface area (Å²) in [7, 11) is 0. The van der Waals surface area contributed by atoms with Gasteiger partial charge in [-0.05, 0) is 31.5 Å². The van der Waals surface area contributed by atoms with E-state index in [4.69, 9.17) is 23.2 Å². The molecule has 0 bridgehead atoms. The van der Waals surface area contributed by atoms with Gasteiger partial charge in [-0.15, -0.1) is 11.3 Å². The van der Waals surface area contributed by atoms with Crippen molar-refractivity contribution in [2.24, 2.45) is 5.10 Å². The molecule has 0 unspecified atom stereocenters. The molecule has 0 radical (unpaired) electrons. The number of aryl methyl sites for hydroxylation is 2. The molecular formula is C15H12Cl2N4S. The SMILES string of the molecule is Cc1sc2ncnc(N/N=C/c3c(Cl)cccc3Cl)c2c1C. The van der Waals surface area contributed by atoms with E-state index in [1.165, 1.54) is 11.2 Å². The molecular weight excluding hydrogens is 339 g/mol. The first kappa shape index (κ1) is 15.2. The third-order valence-electron chi connectivity index (χ3n) is 3.33. The minimum atomic E-state index is 0.549. The molecule has 1 N–H and O–H groups in total. The van der Waals surface area contributed by atoms with E-state index in [-0.39, 0.29) is 0 Å². The van der Waals surface area contributed by atoms with E-state index < -0.39 is 0 Å². The van der Waals surface area contributed by atoms with Crippen LogP contribution in [0.3, 0.4) is 0 Å². The lowest BCUT2D eigenvalue weighted by molar-refractivity contribution is 1.19. The van der Waals surface area contributed by atoms with Crippen molar-refractivity contribution >= 4 is 56.8 Å². The third kappa shape index (κ3) is 2.79. The summed E-state index contributed by atoms with van der Waals surface area (Å²) in [5.74, 6) is 0.672. The minimum Gasteiger partial charge on any atom is -0.261 e. The van der Waals surface area contributed by atoms with Crippen molar-refractivity contribution in [3.05, 3.63) is 50.6 Å². The highest BCUT2D eigenvalue weighted by atomic mass is 35.5.